The molecule has 39 heavy (non-hydrogen) atoms. The molecule has 0 unspecified atom stereocenters. The van der Waals surface area contributed by atoms with Crippen LogP contribution in [0.15, 0.2) is 114 Å². The average molecular weight is 528 g/mol. The molecule has 0 aliphatic heterocycles. The van der Waals surface area contributed by atoms with Gasteiger partial charge < -0.3 is 4.90 Å². The molecule has 0 N–H and O–H groups in total. The molecule has 2 aliphatic carbocycles. The highest BCUT2D eigenvalue weighted by Crippen LogP contribution is 2.53. The van der Waals surface area contributed by atoms with Gasteiger partial charge in [-0.15, -0.1) is 0 Å². The van der Waals surface area contributed by atoms with Crippen LogP contribution in [0, 0.1) is 0 Å². The lowest BCUT2D eigenvalue weighted by atomic mass is 9.82. The van der Waals surface area contributed by atoms with E-state index in [1.807, 2.05) is 24.3 Å². The molecule has 192 valence electrons. The molecule has 0 amide bonds. The van der Waals surface area contributed by atoms with Gasteiger partial charge in [0.2, 0.25) is 0 Å². The zero-order valence-electron chi connectivity index (χ0n) is 22.6. The zero-order valence-corrected chi connectivity index (χ0v) is 23.4. The number of hydrogen-bond donors (Lipinski definition) is 0. The first-order chi connectivity index (χ1) is 18.8. The van der Waals surface area contributed by atoms with Gasteiger partial charge in [0, 0.05) is 32.8 Å². The van der Waals surface area contributed by atoms with E-state index < -0.39 is 0 Å². The quantitative estimate of drug-likeness (QED) is 0.229. The van der Waals surface area contributed by atoms with Gasteiger partial charge in [-0.2, -0.15) is 3.89 Å². The van der Waals surface area contributed by atoms with Crippen LogP contribution in [-0.2, 0) is 10.8 Å². The number of anilines is 3. The molecule has 0 atom stereocenters. The first-order valence-corrected chi connectivity index (χ1v) is 14.2. The van der Waals surface area contributed by atoms with Crippen LogP contribution in [0.4, 0.5) is 20.9 Å². The van der Waals surface area contributed by atoms with Crippen molar-refractivity contribution < 1.29 is 3.89 Å². The van der Waals surface area contributed by atoms with E-state index in [-0.39, 0.29) is 23.0 Å². The van der Waals surface area contributed by atoms with Crippen molar-refractivity contribution in [1.29, 1.82) is 0 Å². The molecule has 0 fully saturated rings. The maximum Gasteiger partial charge on any atom is 0.0812 e. The Labute approximate surface area is 234 Å². The fourth-order valence-electron chi connectivity index (χ4n) is 6.76. The van der Waals surface area contributed by atoms with Gasteiger partial charge in [0.1, 0.15) is 0 Å². The topological polar surface area (TPSA) is 3.24 Å². The predicted molar refractivity (Wildman–Crippen MR) is 163 cm³/mol. The second kappa shape index (κ2) is 8.59. The summed E-state index contributed by atoms with van der Waals surface area (Å²) in [4.78, 5) is 2.92. The molecule has 3 heteroatoms. The molecule has 0 saturated carbocycles. The SMILES string of the molecule is CC1(C)c2ccccc2-c2ccc(N(c3ccc(SF)cc3)c3ccc4c(c3)C(C)(C)c3ccccc3-4)cc21. The van der Waals surface area contributed by atoms with Gasteiger partial charge in [-0.25, -0.2) is 0 Å². The largest absolute Gasteiger partial charge is 0.310 e. The van der Waals surface area contributed by atoms with Gasteiger partial charge in [0.25, 0.3) is 0 Å². The molecule has 0 bridgehead atoms. The lowest BCUT2D eigenvalue weighted by Crippen LogP contribution is -2.18. The first kappa shape index (κ1) is 24.2. The first-order valence-electron chi connectivity index (χ1n) is 13.5. The van der Waals surface area contributed by atoms with E-state index in [2.05, 4.69) is 118 Å². The normalized spacial score (nSPS) is 15.3. The molecule has 1 nitrogen and oxygen atoms in total. The van der Waals surface area contributed by atoms with Crippen molar-refractivity contribution >= 4 is 29.2 Å². The van der Waals surface area contributed by atoms with Crippen molar-refractivity contribution in [3.05, 3.63) is 131 Å². The summed E-state index contributed by atoms with van der Waals surface area (Å²) in [7, 11) is 0. The van der Waals surface area contributed by atoms with Crippen LogP contribution in [0.25, 0.3) is 22.3 Å². The van der Waals surface area contributed by atoms with Crippen LogP contribution in [0.3, 0.4) is 0 Å². The van der Waals surface area contributed by atoms with Crippen molar-refractivity contribution in [3.63, 3.8) is 0 Å². The standard InChI is InChI=1S/C36H30FNS/c1-35(2)31-11-7-5-9-27(31)29-19-15-24(21-33(29)35)38(23-13-17-26(39-37)18-14-23)25-16-20-30-28-10-6-8-12-32(28)36(3,4)34(30)22-25/h5-22H,1-4H3. The van der Waals surface area contributed by atoms with E-state index in [4.69, 9.17) is 0 Å². The zero-order chi connectivity index (χ0) is 26.9. The van der Waals surface area contributed by atoms with E-state index in [1.165, 1.54) is 44.5 Å². The van der Waals surface area contributed by atoms with Crippen molar-refractivity contribution in [1.82, 2.24) is 0 Å². The van der Waals surface area contributed by atoms with E-state index in [1.54, 1.807) is 0 Å². The molecule has 0 aromatic heterocycles. The fourth-order valence-corrected chi connectivity index (χ4v) is 7.00. The number of fused-ring (bicyclic) bond motifs is 6. The summed E-state index contributed by atoms with van der Waals surface area (Å²) in [6.07, 6.45) is 0. The number of halogens is 1. The highest BCUT2D eigenvalue weighted by Gasteiger charge is 2.37. The third-order valence-electron chi connectivity index (χ3n) is 8.83. The molecular formula is C36H30FNS. The van der Waals surface area contributed by atoms with Gasteiger partial charge in [0.15, 0.2) is 0 Å². The Morgan fingerprint density at radius 3 is 1.36 bits per heavy atom. The lowest BCUT2D eigenvalue weighted by Gasteiger charge is -2.29. The molecule has 0 heterocycles. The minimum atomic E-state index is -0.0934. The van der Waals surface area contributed by atoms with E-state index in [0.29, 0.717) is 4.90 Å². The van der Waals surface area contributed by atoms with Gasteiger partial charge in [-0.05, 0) is 93.0 Å². The maximum absolute atomic E-state index is 13.3. The average Bonchev–Trinajstić information content (AvgIpc) is 3.33. The number of benzene rings is 5. The number of hydrogen-bond acceptors (Lipinski definition) is 2. The molecule has 2 aliphatic rings. The highest BCUT2D eigenvalue weighted by atomic mass is 32.2. The van der Waals surface area contributed by atoms with Crippen molar-refractivity contribution in [2.75, 3.05) is 4.90 Å². The Hall–Kier alpha value is -3.82. The summed E-state index contributed by atoms with van der Waals surface area (Å²) < 4.78 is 13.3. The van der Waals surface area contributed by atoms with Crippen LogP contribution in [-0.4, -0.2) is 0 Å². The molecule has 0 radical (unpaired) electrons. The van der Waals surface area contributed by atoms with Crippen LogP contribution in [0.2, 0.25) is 0 Å². The summed E-state index contributed by atoms with van der Waals surface area (Å²) in [5.41, 5.74) is 13.6. The van der Waals surface area contributed by atoms with E-state index in [9.17, 15) is 3.89 Å². The second-order valence-electron chi connectivity index (χ2n) is 11.7. The molecule has 5 aromatic carbocycles. The summed E-state index contributed by atoms with van der Waals surface area (Å²) in [6, 6.07) is 38.9. The van der Waals surface area contributed by atoms with Crippen molar-refractivity contribution in [3.8, 4) is 22.3 Å². The molecule has 0 spiro atoms. The summed E-state index contributed by atoms with van der Waals surface area (Å²) >= 11 is 0.280. The Morgan fingerprint density at radius 2 is 0.897 bits per heavy atom. The van der Waals surface area contributed by atoms with Gasteiger partial charge in [-0.3, -0.25) is 0 Å². The number of nitrogens with zero attached hydrogens (tertiary/aromatic N) is 1. The summed E-state index contributed by atoms with van der Waals surface area (Å²) in [6.45, 7) is 9.25. The van der Waals surface area contributed by atoms with Crippen molar-refractivity contribution in [2.45, 2.75) is 43.4 Å². The highest BCUT2D eigenvalue weighted by molar-refractivity contribution is 7.94. The minimum Gasteiger partial charge on any atom is -0.310 e. The Bertz CT molecular complexity index is 1640. The third kappa shape index (κ3) is 3.53. The summed E-state index contributed by atoms with van der Waals surface area (Å²) in [5, 5.41) is 0. The Morgan fingerprint density at radius 1 is 0.487 bits per heavy atom. The third-order valence-corrected chi connectivity index (χ3v) is 9.28. The number of rotatable bonds is 4. The second-order valence-corrected chi connectivity index (χ2v) is 12.3. The molecule has 5 aromatic rings. The van der Waals surface area contributed by atoms with E-state index in [0.717, 1.165) is 17.1 Å². The van der Waals surface area contributed by atoms with Crippen LogP contribution >= 0.6 is 12.1 Å². The van der Waals surface area contributed by atoms with Gasteiger partial charge >= 0.3 is 0 Å². The monoisotopic (exact) mass is 527 g/mol. The van der Waals surface area contributed by atoms with Crippen LogP contribution in [0.1, 0.15) is 49.9 Å². The van der Waals surface area contributed by atoms with Gasteiger partial charge in [0.05, 0.1) is 12.1 Å². The predicted octanol–water partition coefficient (Wildman–Crippen LogP) is 10.7. The van der Waals surface area contributed by atoms with E-state index >= 15 is 0 Å². The molecular weight excluding hydrogens is 497 g/mol. The Kier molecular flexibility index (Phi) is 5.34. The Balaban J connectivity index is 1.41. The smallest absolute Gasteiger partial charge is 0.0812 e. The molecule has 7 rings (SSSR count). The van der Waals surface area contributed by atoms with Crippen LogP contribution < -0.4 is 4.90 Å². The molecule has 0 saturated heterocycles. The fraction of sp³-hybridized carbons (Fsp3) is 0.167. The maximum atomic E-state index is 13.3. The lowest BCUT2D eigenvalue weighted by molar-refractivity contribution is 0.660. The van der Waals surface area contributed by atoms with Crippen molar-refractivity contribution in [2.24, 2.45) is 0 Å². The van der Waals surface area contributed by atoms with Crippen LogP contribution in [0.5, 0.6) is 0 Å². The minimum absolute atomic E-state index is 0.0934. The van der Waals surface area contributed by atoms with Gasteiger partial charge in [-0.1, -0.05) is 88.4 Å². The summed E-state index contributed by atoms with van der Waals surface area (Å²) in [5.74, 6) is 0.